The lowest BCUT2D eigenvalue weighted by Gasteiger charge is -2.22. The number of halogens is 1. The molecular formula is C15H14BrNO3S2. The Kier molecular flexibility index (Phi) is 5.77. The molecule has 1 aliphatic rings. The Morgan fingerprint density at radius 2 is 2.09 bits per heavy atom. The van der Waals surface area contributed by atoms with Crippen LogP contribution in [0.3, 0.4) is 0 Å². The molecule has 4 nitrogen and oxygen atoms in total. The lowest BCUT2D eigenvalue weighted by molar-refractivity contribution is -0.145. The molecule has 1 atom stereocenters. The maximum absolute atomic E-state index is 12.5. The highest BCUT2D eigenvalue weighted by atomic mass is 79.9. The van der Waals surface area contributed by atoms with Crippen molar-refractivity contribution in [1.29, 1.82) is 0 Å². The van der Waals surface area contributed by atoms with Gasteiger partial charge in [-0.3, -0.25) is 9.69 Å². The quantitative estimate of drug-likeness (QED) is 0.600. The first kappa shape index (κ1) is 17.2. The summed E-state index contributed by atoms with van der Waals surface area (Å²) >= 11 is 9.70. The third kappa shape index (κ3) is 3.77. The highest BCUT2D eigenvalue weighted by Crippen LogP contribution is 2.35. The summed E-state index contributed by atoms with van der Waals surface area (Å²) in [5.74, 6) is -1.36. The van der Waals surface area contributed by atoms with Crippen molar-refractivity contribution in [2.24, 2.45) is 0 Å². The molecule has 1 unspecified atom stereocenters. The van der Waals surface area contributed by atoms with Crippen LogP contribution in [0, 0.1) is 0 Å². The number of carbonyl (C=O) groups excluding carboxylic acids is 1. The van der Waals surface area contributed by atoms with Crippen molar-refractivity contribution in [1.82, 2.24) is 4.90 Å². The lowest BCUT2D eigenvalue weighted by Crippen LogP contribution is -2.43. The number of rotatable bonds is 5. The second-order valence-corrected chi connectivity index (χ2v) is 7.34. The third-order valence-electron chi connectivity index (χ3n) is 3.15. The molecule has 1 saturated heterocycles. The number of carbonyl (C=O) groups is 2. The monoisotopic (exact) mass is 399 g/mol. The van der Waals surface area contributed by atoms with Crippen molar-refractivity contribution < 1.29 is 14.7 Å². The summed E-state index contributed by atoms with van der Waals surface area (Å²) in [6, 6.07) is 6.61. The zero-order chi connectivity index (χ0) is 16.3. The van der Waals surface area contributed by atoms with Crippen molar-refractivity contribution in [2.75, 3.05) is 0 Å². The Hall–Kier alpha value is -1.18. The van der Waals surface area contributed by atoms with Crippen LogP contribution in [0.5, 0.6) is 0 Å². The van der Waals surface area contributed by atoms with E-state index in [-0.39, 0.29) is 5.91 Å². The summed E-state index contributed by atoms with van der Waals surface area (Å²) in [6.07, 6.45) is 2.78. The lowest BCUT2D eigenvalue weighted by atomic mass is 10.1. The van der Waals surface area contributed by atoms with E-state index in [2.05, 4.69) is 15.9 Å². The molecule has 0 spiro atoms. The van der Waals surface area contributed by atoms with E-state index in [1.165, 1.54) is 4.90 Å². The number of benzene rings is 1. The van der Waals surface area contributed by atoms with Gasteiger partial charge in [0, 0.05) is 4.47 Å². The van der Waals surface area contributed by atoms with E-state index in [0.29, 0.717) is 22.1 Å². The van der Waals surface area contributed by atoms with Crippen molar-refractivity contribution in [2.45, 2.75) is 25.8 Å². The van der Waals surface area contributed by atoms with Gasteiger partial charge in [0.05, 0.1) is 4.91 Å². The van der Waals surface area contributed by atoms with Crippen LogP contribution in [0.1, 0.15) is 25.3 Å². The van der Waals surface area contributed by atoms with Gasteiger partial charge in [-0.25, -0.2) is 4.79 Å². The number of hydrogen-bond acceptors (Lipinski definition) is 4. The average Bonchev–Trinajstić information content (AvgIpc) is 2.73. The maximum Gasteiger partial charge on any atom is 0.326 e. The van der Waals surface area contributed by atoms with Crippen molar-refractivity contribution >= 4 is 62.2 Å². The first-order valence-corrected chi connectivity index (χ1v) is 8.71. The fraction of sp³-hybridized carbons (Fsp3) is 0.267. The van der Waals surface area contributed by atoms with Gasteiger partial charge in [-0.15, -0.1) is 0 Å². The Labute approximate surface area is 146 Å². The molecule has 0 bridgehead atoms. The molecule has 1 aromatic rings. The average molecular weight is 400 g/mol. The summed E-state index contributed by atoms with van der Waals surface area (Å²) in [6.45, 7) is 1.88. The molecule has 1 N–H and O–H groups in total. The topological polar surface area (TPSA) is 57.6 Å². The molecule has 0 radical (unpaired) electrons. The first-order chi connectivity index (χ1) is 10.4. The number of thioether (sulfide) groups is 1. The normalized spacial score (nSPS) is 18.1. The predicted molar refractivity (Wildman–Crippen MR) is 95.5 cm³/mol. The summed E-state index contributed by atoms with van der Waals surface area (Å²) in [7, 11) is 0. The van der Waals surface area contributed by atoms with Crippen LogP contribution in [0.2, 0.25) is 0 Å². The van der Waals surface area contributed by atoms with Crippen LogP contribution < -0.4 is 0 Å². The Morgan fingerprint density at radius 1 is 1.45 bits per heavy atom. The molecular weight excluding hydrogens is 386 g/mol. The largest absolute Gasteiger partial charge is 0.480 e. The molecule has 0 aliphatic carbocycles. The van der Waals surface area contributed by atoms with Gasteiger partial charge in [0.2, 0.25) is 0 Å². The summed E-state index contributed by atoms with van der Waals surface area (Å²) in [5, 5.41) is 9.32. The minimum absolute atomic E-state index is 0.300. The van der Waals surface area contributed by atoms with Crippen molar-refractivity contribution in [3.8, 4) is 0 Å². The van der Waals surface area contributed by atoms with Crippen LogP contribution >= 0.6 is 39.9 Å². The number of carboxylic acid groups (broad SMARTS) is 1. The van der Waals surface area contributed by atoms with Gasteiger partial charge >= 0.3 is 5.97 Å². The molecule has 116 valence electrons. The number of amides is 1. The van der Waals surface area contributed by atoms with Crippen LogP contribution in [-0.4, -0.2) is 32.2 Å². The standard InChI is InChI=1S/C15H14BrNO3S2/c1-2-3-11(14(19)20)17-13(18)12(22-15(17)21)8-9-4-6-10(16)7-5-9/h4-8,11H,2-3H2,1H3,(H,19,20)/b12-8-. The van der Waals surface area contributed by atoms with E-state index >= 15 is 0 Å². The number of aliphatic carboxylic acids is 1. The number of carboxylic acids is 1. The van der Waals surface area contributed by atoms with Gasteiger partial charge in [0.15, 0.2) is 0 Å². The SMILES string of the molecule is CCCC(C(=O)O)N1C(=O)/C(=C/c2ccc(Br)cc2)SC1=S. The molecule has 2 rings (SSSR count). The van der Waals surface area contributed by atoms with Gasteiger partial charge in [-0.1, -0.05) is 65.4 Å². The van der Waals surface area contributed by atoms with Crippen LogP contribution in [-0.2, 0) is 9.59 Å². The fourth-order valence-electron chi connectivity index (χ4n) is 2.10. The molecule has 1 aromatic carbocycles. The fourth-order valence-corrected chi connectivity index (χ4v) is 3.72. The number of thiocarbonyl (C=S) groups is 1. The second-order valence-electron chi connectivity index (χ2n) is 4.75. The van der Waals surface area contributed by atoms with Gasteiger partial charge in [0.25, 0.3) is 5.91 Å². The van der Waals surface area contributed by atoms with Crippen LogP contribution in [0.25, 0.3) is 6.08 Å². The van der Waals surface area contributed by atoms with Gasteiger partial charge in [-0.2, -0.15) is 0 Å². The van der Waals surface area contributed by atoms with E-state index in [1.807, 2.05) is 31.2 Å². The second kappa shape index (κ2) is 7.39. The van der Waals surface area contributed by atoms with Crippen molar-refractivity contribution in [3.05, 3.63) is 39.2 Å². The molecule has 0 aromatic heterocycles. The van der Waals surface area contributed by atoms with E-state index in [0.717, 1.165) is 21.8 Å². The summed E-state index contributed by atoms with van der Waals surface area (Å²) < 4.78 is 1.25. The highest BCUT2D eigenvalue weighted by Gasteiger charge is 2.39. The minimum Gasteiger partial charge on any atom is -0.480 e. The van der Waals surface area contributed by atoms with Gasteiger partial charge in [-0.05, 0) is 30.2 Å². The molecule has 1 fully saturated rings. The zero-order valence-electron chi connectivity index (χ0n) is 11.8. The smallest absolute Gasteiger partial charge is 0.326 e. The van der Waals surface area contributed by atoms with E-state index in [4.69, 9.17) is 12.2 Å². The molecule has 1 heterocycles. The Balaban J connectivity index is 2.27. The first-order valence-electron chi connectivity index (χ1n) is 6.69. The van der Waals surface area contributed by atoms with E-state index in [1.54, 1.807) is 6.08 Å². The Morgan fingerprint density at radius 3 is 2.64 bits per heavy atom. The summed E-state index contributed by atoms with van der Waals surface area (Å²) in [5.41, 5.74) is 0.867. The van der Waals surface area contributed by atoms with E-state index < -0.39 is 12.0 Å². The number of nitrogens with zero attached hydrogens (tertiary/aromatic N) is 1. The van der Waals surface area contributed by atoms with Crippen LogP contribution in [0.15, 0.2) is 33.6 Å². The predicted octanol–water partition coefficient (Wildman–Crippen LogP) is 3.90. The third-order valence-corrected chi connectivity index (χ3v) is 5.01. The maximum atomic E-state index is 12.5. The number of hydrogen-bond donors (Lipinski definition) is 1. The molecule has 1 aliphatic heterocycles. The summed E-state index contributed by atoms with van der Waals surface area (Å²) in [4.78, 5) is 25.5. The zero-order valence-corrected chi connectivity index (χ0v) is 15.0. The van der Waals surface area contributed by atoms with Gasteiger partial charge in [0.1, 0.15) is 10.4 Å². The van der Waals surface area contributed by atoms with Crippen molar-refractivity contribution in [3.63, 3.8) is 0 Å². The van der Waals surface area contributed by atoms with Crippen LogP contribution in [0.4, 0.5) is 0 Å². The minimum atomic E-state index is -1.02. The Bertz CT molecular complexity index is 643. The molecule has 1 amide bonds. The highest BCUT2D eigenvalue weighted by molar-refractivity contribution is 9.10. The molecule has 7 heteroatoms. The van der Waals surface area contributed by atoms with E-state index in [9.17, 15) is 14.7 Å². The molecule has 0 saturated carbocycles. The van der Waals surface area contributed by atoms with Gasteiger partial charge < -0.3 is 5.11 Å². The molecule has 22 heavy (non-hydrogen) atoms.